The molecule has 3 heteroatoms. The average Bonchev–Trinajstić information content (AvgIpc) is 3.16. The lowest BCUT2D eigenvalue weighted by Crippen LogP contribution is -2.19. The number of benzene rings is 1. The van der Waals surface area contributed by atoms with Crippen molar-refractivity contribution >= 4 is 5.69 Å². The van der Waals surface area contributed by atoms with E-state index in [1.165, 1.54) is 5.56 Å². The largest absolute Gasteiger partial charge is 0.495 e. The van der Waals surface area contributed by atoms with Gasteiger partial charge in [0.15, 0.2) is 0 Å². The minimum absolute atomic E-state index is 0.113. The second-order valence-corrected chi connectivity index (χ2v) is 5.63. The van der Waals surface area contributed by atoms with E-state index in [-0.39, 0.29) is 12.0 Å². The van der Waals surface area contributed by atoms with Gasteiger partial charge >= 0.3 is 0 Å². The van der Waals surface area contributed by atoms with Gasteiger partial charge in [0.05, 0.1) is 19.4 Å². The zero-order valence-corrected chi connectivity index (χ0v) is 11.5. The highest BCUT2D eigenvalue weighted by molar-refractivity contribution is 5.58. The van der Waals surface area contributed by atoms with Gasteiger partial charge in [-0.2, -0.15) is 0 Å². The lowest BCUT2D eigenvalue weighted by atomic mass is 10.0. The van der Waals surface area contributed by atoms with E-state index in [2.05, 4.69) is 37.4 Å². The van der Waals surface area contributed by atoms with Crippen molar-refractivity contribution in [3.63, 3.8) is 0 Å². The lowest BCUT2D eigenvalue weighted by molar-refractivity contribution is 0.219. The van der Waals surface area contributed by atoms with E-state index in [1.807, 2.05) is 0 Å². The number of nitrogens with one attached hydrogen (secondary N) is 1. The van der Waals surface area contributed by atoms with Gasteiger partial charge in [0, 0.05) is 12.0 Å². The highest BCUT2D eigenvalue weighted by Gasteiger charge is 2.41. The molecule has 0 unspecified atom stereocenters. The average molecular weight is 249 g/mol. The normalized spacial score (nSPS) is 16.7. The van der Waals surface area contributed by atoms with E-state index in [0.29, 0.717) is 5.92 Å². The number of ether oxygens (including phenoxy) is 1. The second kappa shape index (κ2) is 5.19. The Hall–Kier alpha value is -1.22. The van der Waals surface area contributed by atoms with Crippen molar-refractivity contribution in [2.75, 3.05) is 25.6 Å². The molecule has 0 bridgehead atoms. The Morgan fingerprint density at radius 1 is 1.39 bits per heavy atom. The van der Waals surface area contributed by atoms with Crippen molar-refractivity contribution in [2.45, 2.75) is 32.6 Å². The molecular weight excluding hydrogens is 226 g/mol. The highest BCUT2D eigenvalue weighted by atomic mass is 16.5. The smallest absolute Gasteiger partial charge is 0.142 e. The van der Waals surface area contributed by atoms with Gasteiger partial charge in [-0.15, -0.1) is 0 Å². The fourth-order valence-electron chi connectivity index (χ4n) is 2.06. The van der Waals surface area contributed by atoms with Crippen LogP contribution in [0.15, 0.2) is 18.2 Å². The van der Waals surface area contributed by atoms with Gasteiger partial charge in [-0.05, 0) is 36.5 Å². The molecule has 1 aliphatic rings. The molecule has 0 aromatic heterocycles. The number of rotatable bonds is 6. The van der Waals surface area contributed by atoms with Crippen LogP contribution in [0, 0.1) is 5.41 Å². The minimum atomic E-state index is 0.113. The minimum Gasteiger partial charge on any atom is -0.495 e. The molecule has 1 aromatic rings. The molecular formula is C15H23NO2. The number of aliphatic hydroxyl groups excluding tert-OH is 1. The maximum atomic E-state index is 9.31. The maximum absolute atomic E-state index is 9.31. The predicted octanol–water partition coefficient (Wildman–Crippen LogP) is 3.00. The zero-order chi connectivity index (χ0) is 13.2. The fourth-order valence-corrected chi connectivity index (χ4v) is 2.06. The van der Waals surface area contributed by atoms with Crippen LogP contribution in [-0.4, -0.2) is 25.4 Å². The van der Waals surface area contributed by atoms with Crippen molar-refractivity contribution in [3.8, 4) is 5.75 Å². The van der Waals surface area contributed by atoms with Crippen LogP contribution in [0.25, 0.3) is 0 Å². The number of hydrogen-bond acceptors (Lipinski definition) is 3. The molecule has 18 heavy (non-hydrogen) atoms. The summed E-state index contributed by atoms with van der Waals surface area (Å²) in [5, 5.41) is 12.7. The Bertz CT molecular complexity index is 411. The molecule has 0 spiro atoms. The molecule has 100 valence electrons. The predicted molar refractivity (Wildman–Crippen MR) is 74.3 cm³/mol. The third kappa shape index (κ3) is 2.78. The van der Waals surface area contributed by atoms with E-state index in [9.17, 15) is 5.11 Å². The highest BCUT2D eigenvalue weighted by Crippen LogP contribution is 2.45. The molecule has 1 aliphatic carbocycles. The van der Waals surface area contributed by atoms with Crippen LogP contribution in [0.2, 0.25) is 0 Å². The van der Waals surface area contributed by atoms with E-state index in [4.69, 9.17) is 4.74 Å². The van der Waals surface area contributed by atoms with E-state index < -0.39 is 0 Å². The fraction of sp³-hybridized carbons (Fsp3) is 0.600. The molecule has 1 saturated carbocycles. The van der Waals surface area contributed by atoms with Crippen molar-refractivity contribution < 1.29 is 9.84 Å². The summed E-state index contributed by atoms with van der Waals surface area (Å²) in [5.41, 5.74) is 2.41. The lowest BCUT2D eigenvalue weighted by Gasteiger charge is -2.17. The molecule has 0 amide bonds. The third-order valence-corrected chi connectivity index (χ3v) is 3.84. The molecule has 3 nitrogen and oxygen atoms in total. The topological polar surface area (TPSA) is 41.5 Å². The second-order valence-electron chi connectivity index (χ2n) is 5.63. The van der Waals surface area contributed by atoms with Crippen LogP contribution in [-0.2, 0) is 0 Å². The van der Waals surface area contributed by atoms with E-state index in [0.717, 1.165) is 30.8 Å². The van der Waals surface area contributed by atoms with Crippen LogP contribution in [0.5, 0.6) is 5.75 Å². The van der Waals surface area contributed by atoms with Crippen LogP contribution in [0.4, 0.5) is 5.69 Å². The Labute approximate surface area is 109 Å². The van der Waals surface area contributed by atoms with Crippen LogP contribution in [0.3, 0.4) is 0 Å². The Kier molecular flexibility index (Phi) is 3.81. The van der Waals surface area contributed by atoms with Crippen LogP contribution in [0.1, 0.15) is 38.2 Å². The number of hydrogen-bond donors (Lipinski definition) is 2. The van der Waals surface area contributed by atoms with Gasteiger partial charge < -0.3 is 15.2 Å². The maximum Gasteiger partial charge on any atom is 0.142 e. The van der Waals surface area contributed by atoms with Gasteiger partial charge in [0.2, 0.25) is 0 Å². The molecule has 0 heterocycles. The Morgan fingerprint density at radius 3 is 2.61 bits per heavy atom. The zero-order valence-electron chi connectivity index (χ0n) is 11.5. The van der Waals surface area contributed by atoms with Crippen molar-refractivity contribution in [1.82, 2.24) is 0 Å². The monoisotopic (exact) mass is 249 g/mol. The van der Waals surface area contributed by atoms with Gasteiger partial charge in [0.1, 0.15) is 5.75 Å². The molecule has 0 radical (unpaired) electrons. The quantitative estimate of drug-likeness (QED) is 0.814. The first kappa shape index (κ1) is 13.2. The summed E-state index contributed by atoms with van der Waals surface area (Å²) in [6.07, 6.45) is 2.23. The van der Waals surface area contributed by atoms with Crippen molar-refractivity contribution in [2.24, 2.45) is 5.41 Å². The summed E-state index contributed by atoms with van der Waals surface area (Å²) in [6.45, 7) is 5.44. The Morgan fingerprint density at radius 2 is 2.11 bits per heavy atom. The molecule has 2 N–H and O–H groups in total. The molecule has 2 rings (SSSR count). The van der Waals surface area contributed by atoms with Gasteiger partial charge in [-0.25, -0.2) is 0 Å². The molecule has 0 atom stereocenters. The molecule has 1 fully saturated rings. The summed E-state index contributed by atoms with van der Waals surface area (Å²) < 4.78 is 5.43. The number of aliphatic hydroxyl groups is 1. The molecule has 0 saturated heterocycles. The SMILES string of the molecule is COc1cc(C(C)C)ccc1NCC1(CO)CC1. The van der Waals surface area contributed by atoms with Gasteiger partial charge in [-0.1, -0.05) is 19.9 Å². The first-order chi connectivity index (χ1) is 8.60. The molecule has 0 aliphatic heterocycles. The summed E-state index contributed by atoms with van der Waals surface area (Å²) in [5.74, 6) is 1.38. The van der Waals surface area contributed by atoms with Crippen LogP contribution >= 0.6 is 0 Å². The summed E-state index contributed by atoms with van der Waals surface area (Å²) in [7, 11) is 1.70. The standard InChI is InChI=1S/C15H23NO2/c1-11(2)12-4-5-13(14(8-12)18-3)16-9-15(10-17)6-7-15/h4-5,8,11,16-17H,6-7,9-10H2,1-3H3. The van der Waals surface area contributed by atoms with Crippen molar-refractivity contribution in [1.29, 1.82) is 0 Å². The summed E-state index contributed by atoms with van der Waals surface area (Å²) in [4.78, 5) is 0. The van der Waals surface area contributed by atoms with Gasteiger partial charge in [0.25, 0.3) is 0 Å². The first-order valence-corrected chi connectivity index (χ1v) is 6.63. The van der Waals surface area contributed by atoms with E-state index in [1.54, 1.807) is 7.11 Å². The van der Waals surface area contributed by atoms with Crippen LogP contribution < -0.4 is 10.1 Å². The Balaban J connectivity index is 2.07. The summed E-state index contributed by atoms with van der Waals surface area (Å²) >= 11 is 0. The molecule has 1 aromatic carbocycles. The first-order valence-electron chi connectivity index (χ1n) is 6.63. The summed E-state index contributed by atoms with van der Waals surface area (Å²) in [6, 6.07) is 6.29. The third-order valence-electron chi connectivity index (χ3n) is 3.84. The number of anilines is 1. The van der Waals surface area contributed by atoms with Gasteiger partial charge in [-0.3, -0.25) is 0 Å². The van der Waals surface area contributed by atoms with E-state index >= 15 is 0 Å². The van der Waals surface area contributed by atoms with Crippen molar-refractivity contribution in [3.05, 3.63) is 23.8 Å². The number of methoxy groups -OCH3 is 1.